The van der Waals surface area contributed by atoms with Crippen LogP contribution in [0.15, 0.2) is 30.5 Å². The van der Waals surface area contributed by atoms with E-state index >= 15 is 0 Å². The highest BCUT2D eigenvalue weighted by Crippen LogP contribution is 2.42. The molecule has 1 aromatic carbocycles. The number of carbonyl (C=O) groups excluding carboxylic acids is 1. The van der Waals surface area contributed by atoms with Gasteiger partial charge in [0.05, 0.1) is 11.8 Å². The third-order valence-electron chi connectivity index (χ3n) is 4.57. The maximum atomic E-state index is 12.8. The largest absolute Gasteiger partial charge is 0.489 e. The second kappa shape index (κ2) is 6.40. The zero-order valence-corrected chi connectivity index (χ0v) is 14.6. The summed E-state index contributed by atoms with van der Waals surface area (Å²) in [6.45, 7) is 5.81. The lowest BCUT2D eigenvalue weighted by atomic mass is 9.98. The van der Waals surface area contributed by atoms with E-state index in [-0.39, 0.29) is 17.9 Å². The van der Waals surface area contributed by atoms with Crippen molar-refractivity contribution in [2.45, 2.75) is 45.3 Å². The van der Waals surface area contributed by atoms with Crippen molar-refractivity contribution < 1.29 is 14.3 Å². The van der Waals surface area contributed by atoms with Gasteiger partial charge in [0.15, 0.2) is 0 Å². The third-order valence-corrected chi connectivity index (χ3v) is 4.57. The molecule has 24 heavy (non-hydrogen) atoms. The summed E-state index contributed by atoms with van der Waals surface area (Å²) in [7, 11) is 1.59. The highest BCUT2D eigenvalue weighted by molar-refractivity contribution is 6.05. The fraction of sp³-hybridized carbons (Fsp3) is 0.474. The van der Waals surface area contributed by atoms with Gasteiger partial charge in [0.25, 0.3) is 5.91 Å². The van der Waals surface area contributed by atoms with Gasteiger partial charge in [-0.1, -0.05) is 0 Å². The van der Waals surface area contributed by atoms with Crippen molar-refractivity contribution in [3.05, 3.63) is 30.5 Å². The summed E-state index contributed by atoms with van der Waals surface area (Å²) in [5.41, 5.74) is 0.680. The Hall–Kier alpha value is -2.14. The van der Waals surface area contributed by atoms with Crippen LogP contribution in [0.25, 0.3) is 10.9 Å². The Labute approximate surface area is 142 Å². The zero-order chi connectivity index (χ0) is 17.3. The smallest absolute Gasteiger partial charge is 0.256 e. The number of carbonyl (C=O) groups is 1. The first kappa shape index (κ1) is 16.7. The summed E-state index contributed by atoms with van der Waals surface area (Å²) >= 11 is 0. The lowest BCUT2D eigenvalue weighted by molar-refractivity contribution is -0.138. The molecule has 0 spiro atoms. The third kappa shape index (κ3) is 3.08. The van der Waals surface area contributed by atoms with Gasteiger partial charge in [0.2, 0.25) is 0 Å². The summed E-state index contributed by atoms with van der Waals surface area (Å²) in [4.78, 5) is 17.2. The van der Waals surface area contributed by atoms with Gasteiger partial charge in [-0.3, -0.25) is 9.78 Å². The Bertz CT molecular complexity index is 755. The van der Waals surface area contributed by atoms with Crippen molar-refractivity contribution in [1.82, 2.24) is 4.98 Å². The highest BCUT2D eigenvalue weighted by atomic mass is 16.5. The molecule has 5 heteroatoms. The Morgan fingerprint density at radius 1 is 1.33 bits per heavy atom. The molecule has 128 valence electrons. The van der Waals surface area contributed by atoms with E-state index < -0.39 is 5.60 Å². The van der Waals surface area contributed by atoms with E-state index in [2.05, 4.69) is 10.3 Å². The van der Waals surface area contributed by atoms with Crippen LogP contribution in [0.2, 0.25) is 0 Å². The molecule has 1 aliphatic carbocycles. The molecule has 1 atom stereocenters. The number of aromatic nitrogens is 1. The minimum Gasteiger partial charge on any atom is -0.489 e. The number of amides is 1. The number of nitrogens with zero attached hydrogens (tertiary/aromatic N) is 1. The van der Waals surface area contributed by atoms with Gasteiger partial charge in [-0.25, -0.2) is 0 Å². The van der Waals surface area contributed by atoms with Crippen LogP contribution in [0.4, 0.5) is 5.69 Å². The van der Waals surface area contributed by atoms with Gasteiger partial charge in [-0.2, -0.15) is 0 Å². The van der Waals surface area contributed by atoms with Crippen LogP contribution >= 0.6 is 0 Å². The average Bonchev–Trinajstić information content (AvgIpc) is 3.41. The maximum Gasteiger partial charge on any atom is 0.256 e. The number of rotatable bonds is 6. The second-order valence-corrected chi connectivity index (χ2v) is 6.72. The number of fused-ring (bicyclic) bond motifs is 1. The first-order chi connectivity index (χ1) is 11.5. The van der Waals surface area contributed by atoms with Crippen molar-refractivity contribution >= 4 is 22.5 Å². The van der Waals surface area contributed by atoms with E-state index in [9.17, 15) is 4.79 Å². The van der Waals surface area contributed by atoms with E-state index in [0.717, 1.165) is 35.2 Å². The molecule has 0 aliphatic heterocycles. The van der Waals surface area contributed by atoms with Gasteiger partial charge in [0, 0.05) is 18.7 Å². The van der Waals surface area contributed by atoms with Crippen LogP contribution in [-0.4, -0.2) is 29.7 Å². The molecule has 1 N–H and O–H groups in total. The fourth-order valence-electron chi connectivity index (χ4n) is 2.93. The predicted octanol–water partition coefficient (Wildman–Crippen LogP) is 3.78. The van der Waals surface area contributed by atoms with Gasteiger partial charge >= 0.3 is 0 Å². The molecule has 0 unspecified atom stereocenters. The predicted molar refractivity (Wildman–Crippen MR) is 94.3 cm³/mol. The van der Waals surface area contributed by atoms with E-state index in [1.807, 2.05) is 45.0 Å². The Kier molecular flexibility index (Phi) is 4.45. The molecule has 1 aromatic heterocycles. The summed E-state index contributed by atoms with van der Waals surface area (Å²) < 4.78 is 11.4. The minimum atomic E-state index is -0.790. The van der Waals surface area contributed by atoms with Crippen LogP contribution in [0.1, 0.15) is 33.6 Å². The number of ether oxygens (including phenoxy) is 2. The van der Waals surface area contributed by atoms with Gasteiger partial charge in [0.1, 0.15) is 16.9 Å². The average molecular weight is 328 g/mol. The van der Waals surface area contributed by atoms with E-state index in [1.165, 1.54) is 0 Å². The van der Waals surface area contributed by atoms with Gasteiger partial charge in [-0.05, 0) is 63.8 Å². The topological polar surface area (TPSA) is 60.5 Å². The number of pyridine rings is 1. The van der Waals surface area contributed by atoms with E-state index in [4.69, 9.17) is 9.47 Å². The minimum absolute atomic E-state index is 0.0577. The van der Waals surface area contributed by atoms with Crippen molar-refractivity contribution in [3.63, 3.8) is 0 Å². The van der Waals surface area contributed by atoms with Crippen LogP contribution in [0, 0.1) is 5.92 Å². The number of anilines is 1. The molecule has 0 radical (unpaired) electrons. The van der Waals surface area contributed by atoms with Crippen LogP contribution in [-0.2, 0) is 9.53 Å². The quantitative estimate of drug-likeness (QED) is 0.877. The summed E-state index contributed by atoms with van der Waals surface area (Å²) in [5, 5.41) is 3.88. The number of benzene rings is 1. The molecule has 1 fully saturated rings. The van der Waals surface area contributed by atoms with Crippen molar-refractivity contribution in [3.8, 4) is 5.75 Å². The van der Waals surface area contributed by atoms with Gasteiger partial charge in [-0.15, -0.1) is 0 Å². The molecule has 2 aromatic rings. The van der Waals surface area contributed by atoms with Crippen LogP contribution < -0.4 is 10.1 Å². The number of hydrogen-bond donors (Lipinski definition) is 1. The molecule has 1 heterocycles. The first-order valence-electron chi connectivity index (χ1n) is 8.36. The normalized spacial score (nSPS) is 16.9. The zero-order valence-electron chi connectivity index (χ0n) is 14.6. The number of methoxy groups -OCH3 is 1. The second-order valence-electron chi connectivity index (χ2n) is 6.72. The fourth-order valence-corrected chi connectivity index (χ4v) is 2.93. The standard InChI is InChI=1S/C19H24N2O3/c1-12(2)24-16-10-9-15(14-6-5-11-20-17(14)16)21-18(22)19(3,23-4)13-7-8-13/h5-6,9-13H,7-8H2,1-4H3,(H,21,22)/t19-/m0/s1. The summed E-state index contributed by atoms with van der Waals surface area (Å²) in [5.74, 6) is 0.890. The van der Waals surface area contributed by atoms with Crippen molar-refractivity contribution in [2.24, 2.45) is 5.92 Å². The molecule has 0 saturated heterocycles. The molecule has 5 nitrogen and oxygen atoms in total. The molecule has 0 bridgehead atoms. The van der Waals surface area contributed by atoms with Crippen LogP contribution in [0.5, 0.6) is 5.75 Å². The van der Waals surface area contributed by atoms with Gasteiger partial charge < -0.3 is 14.8 Å². The maximum absolute atomic E-state index is 12.8. The number of hydrogen-bond acceptors (Lipinski definition) is 4. The summed E-state index contributed by atoms with van der Waals surface area (Å²) in [6, 6.07) is 7.51. The lowest BCUT2D eigenvalue weighted by Crippen LogP contribution is -2.44. The number of nitrogens with one attached hydrogen (secondary N) is 1. The monoisotopic (exact) mass is 328 g/mol. The Morgan fingerprint density at radius 2 is 2.08 bits per heavy atom. The Morgan fingerprint density at radius 3 is 2.71 bits per heavy atom. The lowest BCUT2D eigenvalue weighted by Gasteiger charge is -2.27. The van der Waals surface area contributed by atoms with Crippen LogP contribution in [0.3, 0.4) is 0 Å². The Balaban J connectivity index is 1.94. The molecule has 1 saturated carbocycles. The first-order valence-corrected chi connectivity index (χ1v) is 8.36. The highest BCUT2D eigenvalue weighted by Gasteiger charge is 2.47. The molecule has 3 rings (SSSR count). The van der Waals surface area contributed by atoms with Crippen molar-refractivity contribution in [2.75, 3.05) is 12.4 Å². The molecule has 1 aliphatic rings. The SMILES string of the molecule is CO[C@](C)(C(=O)Nc1ccc(OC(C)C)c2ncccc12)C1CC1. The molecule has 1 amide bonds. The van der Waals surface area contributed by atoms with E-state index in [1.54, 1.807) is 13.3 Å². The van der Waals surface area contributed by atoms with E-state index in [0.29, 0.717) is 0 Å². The molecular formula is C19H24N2O3. The molecular weight excluding hydrogens is 304 g/mol. The van der Waals surface area contributed by atoms with Crippen molar-refractivity contribution in [1.29, 1.82) is 0 Å². The summed E-state index contributed by atoms with van der Waals surface area (Å²) in [6.07, 6.45) is 3.84.